The Bertz CT molecular complexity index is 1250. The molecule has 1 fully saturated rings. The second-order valence-corrected chi connectivity index (χ2v) is 9.00. The number of ether oxygens (including phenoxy) is 1. The fraction of sp³-hybridized carbons (Fsp3) is 0.276. The van der Waals surface area contributed by atoms with E-state index in [2.05, 4.69) is 10.6 Å². The van der Waals surface area contributed by atoms with E-state index in [0.717, 1.165) is 34.7 Å². The summed E-state index contributed by atoms with van der Waals surface area (Å²) in [5, 5.41) is 5.84. The summed E-state index contributed by atoms with van der Waals surface area (Å²) >= 11 is 0. The molecule has 1 aliphatic heterocycles. The molecule has 3 aromatic rings. The van der Waals surface area contributed by atoms with Crippen LogP contribution < -0.4 is 20.3 Å². The van der Waals surface area contributed by atoms with Crippen molar-refractivity contribution in [2.75, 3.05) is 28.7 Å². The molecule has 4 rings (SSSR count). The highest BCUT2D eigenvalue weighted by Crippen LogP contribution is 2.29. The Labute approximate surface area is 211 Å². The minimum absolute atomic E-state index is 0.108. The molecule has 7 heteroatoms. The molecule has 1 saturated heterocycles. The Morgan fingerprint density at radius 2 is 1.64 bits per heavy atom. The molecule has 0 bridgehead atoms. The average molecular weight is 486 g/mol. The highest BCUT2D eigenvalue weighted by molar-refractivity contribution is 6.11. The second-order valence-electron chi connectivity index (χ2n) is 9.00. The number of amides is 3. The molecule has 0 aliphatic carbocycles. The number of aryl methyl sites for hydroxylation is 2. The molecule has 0 aromatic heterocycles. The van der Waals surface area contributed by atoms with Crippen molar-refractivity contribution < 1.29 is 19.1 Å². The Morgan fingerprint density at radius 1 is 0.944 bits per heavy atom. The van der Waals surface area contributed by atoms with Gasteiger partial charge in [-0.2, -0.15) is 0 Å². The molecule has 0 radical (unpaired) electrons. The molecule has 0 spiro atoms. The quantitative estimate of drug-likeness (QED) is 0.451. The van der Waals surface area contributed by atoms with Crippen molar-refractivity contribution in [3.05, 3.63) is 83.4 Å². The standard InChI is InChI=1S/C29H31N3O4/c1-4-16-36-23-14-12-22(13-15-23)32-18-21(17-26(32)33)28(34)30-25-11-6-5-10-24(25)29(35)31-27-19(2)8-7-9-20(27)3/h5-15,21H,4,16-18H2,1-3H3,(H,30,34)(H,31,35). The number of carbonyl (C=O) groups excluding carboxylic acids is 3. The van der Waals surface area contributed by atoms with Crippen LogP contribution in [0.15, 0.2) is 66.7 Å². The lowest BCUT2D eigenvalue weighted by atomic mass is 10.1. The van der Waals surface area contributed by atoms with Gasteiger partial charge in [-0.15, -0.1) is 0 Å². The Balaban J connectivity index is 1.44. The zero-order chi connectivity index (χ0) is 25.7. The third-order valence-electron chi connectivity index (χ3n) is 6.27. The number of rotatable bonds is 8. The van der Waals surface area contributed by atoms with E-state index in [4.69, 9.17) is 4.74 Å². The zero-order valence-electron chi connectivity index (χ0n) is 20.8. The molecule has 1 heterocycles. The predicted molar refractivity (Wildman–Crippen MR) is 142 cm³/mol. The first-order valence-electron chi connectivity index (χ1n) is 12.2. The summed E-state index contributed by atoms with van der Waals surface area (Å²) in [4.78, 5) is 40.5. The van der Waals surface area contributed by atoms with Crippen LogP contribution in [0.4, 0.5) is 17.1 Å². The first-order valence-corrected chi connectivity index (χ1v) is 12.2. The average Bonchev–Trinajstić information content (AvgIpc) is 3.27. The van der Waals surface area contributed by atoms with E-state index in [9.17, 15) is 14.4 Å². The van der Waals surface area contributed by atoms with E-state index in [1.165, 1.54) is 0 Å². The van der Waals surface area contributed by atoms with E-state index in [1.54, 1.807) is 29.2 Å². The second kappa shape index (κ2) is 11.1. The molecule has 3 amide bonds. The van der Waals surface area contributed by atoms with Gasteiger partial charge < -0.3 is 20.3 Å². The van der Waals surface area contributed by atoms with Gasteiger partial charge in [0.25, 0.3) is 5.91 Å². The van der Waals surface area contributed by atoms with E-state index in [0.29, 0.717) is 17.9 Å². The van der Waals surface area contributed by atoms with Crippen LogP contribution in [0.25, 0.3) is 0 Å². The molecule has 7 nitrogen and oxygen atoms in total. The number of hydrogen-bond acceptors (Lipinski definition) is 4. The SMILES string of the molecule is CCCOc1ccc(N2CC(C(=O)Nc3ccccc3C(=O)Nc3c(C)cccc3C)CC2=O)cc1. The van der Waals surface area contributed by atoms with Gasteiger partial charge in [0, 0.05) is 24.3 Å². The third-order valence-corrected chi connectivity index (χ3v) is 6.27. The van der Waals surface area contributed by atoms with Gasteiger partial charge in [-0.25, -0.2) is 0 Å². The molecule has 2 N–H and O–H groups in total. The van der Waals surface area contributed by atoms with Gasteiger partial charge in [0.1, 0.15) is 5.75 Å². The van der Waals surface area contributed by atoms with E-state index in [1.807, 2.05) is 63.2 Å². The monoisotopic (exact) mass is 485 g/mol. The summed E-state index contributed by atoms with van der Waals surface area (Å²) in [5.41, 5.74) is 4.17. The lowest BCUT2D eigenvalue weighted by Gasteiger charge is -2.18. The number of para-hydroxylation sites is 2. The molecular formula is C29H31N3O4. The van der Waals surface area contributed by atoms with Crippen LogP contribution in [-0.2, 0) is 9.59 Å². The van der Waals surface area contributed by atoms with Crippen molar-refractivity contribution in [3.8, 4) is 5.75 Å². The number of hydrogen-bond donors (Lipinski definition) is 2. The van der Waals surface area contributed by atoms with Crippen molar-refractivity contribution in [1.29, 1.82) is 0 Å². The van der Waals surface area contributed by atoms with E-state index < -0.39 is 5.92 Å². The summed E-state index contributed by atoms with van der Waals surface area (Å²) in [6.07, 6.45) is 1.02. The van der Waals surface area contributed by atoms with Crippen molar-refractivity contribution in [3.63, 3.8) is 0 Å². The first kappa shape index (κ1) is 25.0. The number of nitrogens with zero attached hydrogens (tertiary/aromatic N) is 1. The first-order chi connectivity index (χ1) is 17.4. The summed E-state index contributed by atoms with van der Waals surface area (Å²) < 4.78 is 5.61. The van der Waals surface area contributed by atoms with E-state index >= 15 is 0 Å². The molecule has 36 heavy (non-hydrogen) atoms. The van der Waals surface area contributed by atoms with E-state index in [-0.39, 0.29) is 30.7 Å². The smallest absolute Gasteiger partial charge is 0.257 e. The van der Waals surface area contributed by atoms with Crippen LogP contribution in [0.3, 0.4) is 0 Å². The highest BCUT2D eigenvalue weighted by atomic mass is 16.5. The maximum Gasteiger partial charge on any atom is 0.257 e. The van der Waals surface area contributed by atoms with Crippen LogP contribution in [-0.4, -0.2) is 30.9 Å². The summed E-state index contributed by atoms with van der Waals surface area (Å²) in [7, 11) is 0. The van der Waals surface area contributed by atoms with Gasteiger partial charge in [0.2, 0.25) is 11.8 Å². The number of anilines is 3. The van der Waals surface area contributed by atoms with Crippen LogP contribution in [0.5, 0.6) is 5.75 Å². The van der Waals surface area contributed by atoms with Gasteiger partial charge in [-0.1, -0.05) is 37.3 Å². The fourth-order valence-corrected chi connectivity index (χ4v) is 4.29. The Morgan fingerprint density at radius 3 is 2.33 bits per heavy atom. The minimum Gasteiger partial charge on any atom is -0.494 e. The normalized spacial score (nSPS) is 15.0. The maximum atomic E-state index is 13.1. The van der Waals surface area contributed by atoms with Crippen molar-refractivity contribution in [2.45, 2.75) is 33.6 Å². The fourth-order valence-electron chi connectivity index (χ4n) is 4.29. The van der Waals surface area contributed by atoms with Crippen molar-refractivity contribution >= 4 is 34.8 Å². The van der Waals surface area contributed by atoms with Crippen LogP contribution in [0.2, 0.25) is 0 Å². The molecule has 1 atom stereocenters. The maximum absolute atomic E-state index is 13.1. The number of benzene rings is 3. The largest absolute Gasteiger partial charge is 0.494 e. The Hall–Kier alpha value is -4.13. The topological polar surface area (TPSA) is 87.7 Å². The molecule has 1 unspecified atom stereocenters. The molecular weight excluding hydrogens is 454 g/mol. The van der Waals surface area contributed by atoms with Crippen molar-refractivity contribution in [2.24, 2.45) is 5.92 Å². The minimum atomic E-state index is -0.525. The lowest BCUT2D eigenvalue weighted by molar-refractivity contribution is -0.122. The van der Waals surface area contributed by atoms with Crippen LogP contribution >= 0.6 is 0 Å². The zero-order valence-corrected chi connectivity index (χ0v) is 20.8. The summed E-state index contributed by atoms with van der Waals surface area (Å²) in [6, 6.07) is 20.0. The lowest BCUT2D eigenvalue weighted by Crippen LogP contribution is -2.28. The molecule has 1 aliphatic rings. The van der Waals surface area contributed by atoms with Gasteiger partial charge in [0.15, 0.2) is 0 Å². The van der Waals surface area contributed by atoms with Crippen LogP contribution in [0, 0.1) is 19.8 Å². The molecule has 0 saturated carbocycles. The Kier molecular flexibility index (Phi) is 7.68. The number of nitrogens with one attached hydrogen (secondary N) is 2. The summed E-state index contributed by atoms with van der Waals surface area (Å²) in [5.74, 6) is -0.488. The highest BCUT2D eigenvalue weighted by Gasteiger charge is 2.35. The van der Waals surface area contributed by atoms with Crippen LogP contribution in [0.1, 0.15) is 41.3 Å². The van der Waals surface area contributed by atoms with Gasteiger partial charge in [-0.05, 0) is 67.8 Å². The number of carbonyl (C=O) groups is 3. The molecule has 3 aromatic carbocycles. The predicted octanol–water partition coefficient (Wildman–Crippen LogP) is 5.34. The molecule has 186 valence electrons. The summed E-state index contributed by atoms with van der Waals surface area (Å²) in [6.45, 7) is 6.82. The van der Waals surface area contributed by atoms with Gasteiger partial charge in [-0.3, -0.25) is 14.4 Å². The van der Waals surface area contributed by atoms with Gasteiger partial charge in [0.05, 0.1) is 23.8 Å². The third kappa shape index (κ3) is 5.57. The van der Waals surface area contributed by atoms with Gasteiger partial charge >= 0.3 is 0 Å². The van der Waals surface area contributed by atoms with Crippen molar-refractivity contribution in [1.82, 2.24) is 0 Å².